The number of carbonyl (C=O) groups is 2. The molecule has 2 N–H and O–H groups in total. The van der Waals surface area contributed by atoms with Crippen LogP contribution in [0.4, 0.5) is 11.5 Å². The average molecular weight is 447 g/mol. The van der Waals surface area contributed by atoms with Crippen LogP contribution in [0.2, 0.25) is 0 Å². The molecule has 1 atom stereocenters. The van der Waals surface area contributed by atoms with Crippen molar-refractivity contribution in [2.45, 2.75) is 46.5 Å². The maximum absolute atomic E-state index is 13.5. The lowest BCUT2D eigenvalue weighted by atomic mass is 9.68. The van der Waals surface area contributed by atoms with E-state index >= 15 is 0 Å². The highest BCUT2D eigenvalue weighted by atomic mass is 16.6. The zero-order valence-electron chi connectivity index (χ0n) is 19.1. The molecule has 4 rings (SSSR count). The molecule has 0 saturated carbocycles. The fourth-order valence-electron chi connectivity index (χ4n) is 4.66. The van der Waals surface area contributed by atoms with Crippen molar-refractivity contribution in [1.82, 2.24) is 10.3 Å². The van der Waals surface area contributed by atoms with E-state index in [4.69, 9.17) is 0 Å². The summed E-state index contributed by atoms with van der Waals surface area (Å²) in [7, 11) is 0. The van der Waals surface area contributed by atoms with Crippen LogP contribution in [0.15, 0.2) is 65.0 Å². The zero-order chi connectivity index (χ0) is 23.9. The van der Waals surface area contributed by atoms with Crippen molar-refractivity contribution in [1.29, 1.82) is 0 Å². The number of nitrogens with one attached hydrogen (secondary N) is 2. The lowest BCUT2D eigenvalue weighted by molar-refractivity contribution is -0.384. The van der Waals surface area contributed by atoms with Gasteiger partial charge in [0.15, 0.2) is 5.78 Å². The molecule has 2 aliphatic rings. The van der Waals surface area contributed by atoms with Gasteiger partial charge in [-0.2, -0.15) is 0 Å². The summed E-state index contributed by atoms with van der Waals surface area (Å²) in [5.74, 6) is -0.608. The van der Waals surface area contributed by atoms with Gasteiger partial charge in [-0.15, -0.1) is 0 Å². The number of aryl methyl sites for hydroxylation is 1. The molecular weight excluding hydrogens is 420 g/mol. The molecule has 0 spiro atoms. The monoisotopic (exact) mass is 446 g/mol. The fraction of sp³-hybridized carbons (Fsp3) is 0.320. The number of allylic oxidation sites excluding steroid dienone is 3. The lowest BCUT2D eigenvalue weighted by Crippen LogP contribution is -2.39. The second kappa shape index (κ2) is 8.27. The predicted octanol–water partition coefficient (Wildman–Crippen LogP) is 4.54. The quantitative estimate of drug-likeness (QED) is 0.526. The van der Waals surface area contributed by atoms with E-state index in [1.54, 1.807) is 24.3 Å². The van der Waals surface area contributed by atoms with Crippen LogP contribution in [0.5, 0.6) is 0 Å². The number of dihydropyridines is 1. The number of non-ortho nitro benzene ring substituents is 1. The molecule has 2 heterocycles. The number of ketones is 1. The Kier molecular flexibility index (Phi) is 5.61. The molecule has 0 bridgehead atoms. The molecule has 8 nitrogen and oxygen atoms in total. The molecule has 8 heteroatoms. The minimum atomic E-state index is -0.629. The number of aromatic nitrogens is 1. The standard InChI is InChI=1S/C25H26N4O4/c1-14-6-5-7-20(26-14)28-24(31)21-15(2)27-18-12-25(3,4)13-19(30)23(18)22(21)16-8-10-17(11-9-16)29(32)33/h5-11,22,27H,12-13H2,1-4H3,(H,26,28,31)/t22-/m0/s1. The van der Waals surface area contributed by atoms with Gasteiger partial charge in [0.2, 0.25) is 0 Å². The van der Waals surface area contributed by atoms with Crippen molar-refractivity contribution in [3.8, 4) is 0 Å². The maximum Gasteiger partial charge on any atom is 0.269 e. The van der Waals surface area contributed by atoms with Crippen LogP contribution in [0.1, 0.15) is 50.8 Å². The topological polar surface area (TPSA) is 114 Å². The Morgan fingerprint density at radius 3 is 2.48 bits per heavy atom. The first-order valence-electron chi connectivity index (χ1n) is 10.8. The molecule has 0 fully saturated rings. The summed E-state index contributed by atoms with van der Waals surface area (Å²) in [5, 5.41) is 17.3. The first kappa shape index (κ1) is 22.4. The van der Waals surface area contributed by atoms with Gasteiger partial charge in [-0.05, 0) is 43.4 Å². The Labute approximate surface area is 192 Å². The van der Waals surface area contributed by atoms with E-state index in [1.807, 2.05) is 33.8 Å². The van der Waals surface area contributed by atoms with Gasteiger partial charge in [0.05, 0.1) is 4.92 Å². The fourth-order valence-corrected chi connectivity index (χ4v) is 4.66. The van der Waals surface area contributed by atoms with Crippen molar-refractivity contribution in [3.63, 3.8) is 0 Å². The van der Waals surface area contributed by atoms with E-state index in [0.29, 0.717) is 41.1 Å². The van der Waals surface area contributed by atoms with E-state index in [0.717, 1.165) is 11.4 Å². The van der Waals surface area contributed by atoms with Crippen LogP contribution in [-0.2, 0) is 9.59 Å². The first-order valence-corrected chi connectivity index (χ1v) is 10.8. The average Bonchev–Trinajstić information content (AvgIpc) is 2.71. The molecule has 0 unspecified atom stereocenters. The van der Waals surface area contributed by atoms with Crippen LogP contribution >= 0.6 is 0 Å². The Morgan fingerprint density at radius 1 is 1.15 bits per heavy atom. The molecule has 1 aliphatic heterocycles. The zero-order valence-corrected chi connectivity index (χ0v) is 19.1. The minimum Gasteiger partial charge on any atom is -0.362 e. The van der Waals surface area contributed by atoms with Crippen molar-refractivity contribution in [2.24, 2.45) is 5.41 Å². The van der Waals surface area contributed by atoms with E-state index in [1.165, 1.54) is 12.1 Å². The number of nitro groups is 1. The van der Waals surface area contributed by atoms with Crippen LogP contribution in [0, 0.1) is 22.5 Å². The van der Waals surface area contributed by atoms with E-state index in [-0.39, 0.29) is 22.8 Å². The van der Waals surface area contributed by atoms with Crippen molar-refractivity contribution < 1.29 is 14.5 Å². The smallest absolute Gasteiger partial charge is 0.269 e. The summed E-state index contributed by atoms with van der Waals surface area (Å²) in [6, 6.07) is 11.4. The van der Waals surface area contributed by atoms with Crippen molar-refractivity contribution >= 4 is 23.2 Å². The SMILES string of the molecule is CC1=C(C(=O)Nc2cccc(C)n2)[C@H](c2ccc([N+](=O)[O-])cc2)C2=C(CC(C)(C)CC2=O)N1. The van der Waals surface area contributed by atoms with Gasteiger partial charge in [0.25, 0.3) is 11.6 Å². The van der Waals surface area contributed by atoms with Crippen LogP contribution in [0.25, 0.3) is 0 Å². The Hall–Kier alpha value is -3.81. The molecule has 33 heavy (non-hydrogen) atoms. The Morgan fingerprint density at radius 2 is 1.85 bits per heavy atom. The first-order chi connectivity index (χ1) is 15.6. The third-order valence-corrected chi connectivity index (χ3v) is 6.05. The van der Waals surface area contributed by atoms with E-state index in [9.17, 15) is 19.7 Å². The van der Waals surface area contributed by atoms with Gasteiger partial charge in [-0.1, -0.05) is 32.0 Å². The number of nitrogens with zero attached hydrogens (tertiary/aromatic N) is 2. The molecule has 1 aliphatic carbocycles. The number of rotatable bonds is 4. The van der Waals surface area contributed by atoms with E-state index < -0.39 is 10.8 Å². The molecule has 2 aromatic rings. The largest absolute Gasteiger partial charge is 0.362 e. The number of hydrogen-bond acceptors (Lipinski definition) is 6. The molecular formula is C25H26N4O4. The van der Waals surface area contributed by atoms with Gasteiger partial charge in [0.1, 0.15) is 5.82 Å². The number of benzene rings is 1. The second-order valence-corrected chi connectivity index (χ2v) is 9.40. The highest BCUT2D eigenvalue weighted by Crippen LogP contribution is 2.46. The number of Topliss-reactive ketones (excluding diaryl/α,β-unsaturated/α-hetero) is 1. The summed E-state index contributed by atoms with van der Waals surface area (Å²) >= 11 is 0. The third-order valence-electron chi connectivity index (χ3n) is 6.05. The molecule has 0 saturated heterocycles. The van der Waals surface area contributed by atoms with E-state index in [2.05, 4.69) is 15.6 Å². The number of amides is 1. The maximum atomic E-state index is 13.5. The molecule has 170 valence electrons. The number of hydrogen-bond donors (Lipinski definition) is 2. The summed E-state index contributed by atoms with van der Waals surface area (Å²) in [5.41, 5.74) is 3.58. The Bertz CT molecular complexity index is 1230. The molecule has 0 radical (unpaired) electrons. The summed E-state index contributed by atoms with van der Waals surface area (Å²) in [4.78, 5) is 41.8. The van der Waals surface area contributed by atoms with Gasteiger partial charge in [-0.25, -0.2) is 4.98 Å². The lowest BCUT2D eigenvalue weighted by Gasteiger charge is -2.39. The molecule has 1 aromatic heterocycles. The van der Waals surface area contributed by atoms with Gasteiger partial charge in [0, 0.05) is 52.7 Å². The van der Waals surface area contributed by atoms with Gasteiger partial charge < -0.3 is 10.6 Å². The van der Waals surface area contributed by atoms with Crippen LogP contribution in [-0.4, -0.2) is 21.6 Å². The summed E-state index contributed by atoms with van der Waals surface area (Å²) in [6.45, 7) is 7.73. The minimum absolute atomic E-state index is 0.0245. The number of carbonyl (C=O) groups excluding carboxylic acids is 2. The predicted molar refractivity (Wildman–Crippen MR) is 124 cm³/mol. The van der Waals surface area contributed by atoms with Gasteiger partial charge >= 0.3 is 0 Å². The number of nitro benzene ring substituents is 1. The normalized spacial score (nSPS) is 19.6. The van der Waals surface area contributed by atoms with Crippen LogP contribution in [0.3, 0.4) is 0 Å². The van der Waals surface area contributed by atoms with Crippen molar-refractivity contribution in [3.05, 3.63) is 86.4 Å². The molecule has 1 amide bonds. The second-order valence-electron chi connectivity index (χ2n) is 9.40. The van der Waals surface area contributed by atoms with Gasteiger partial charge in [-0.3, -0.25) is 19.7 Å². The third kappa shape index (κ3) is 4.41. The highest BCUT2D eigenvalue weighted by molar-refractivity contribution is 6.09. The number of pyridine rings is 1. The Balaban J connectivity index is 1.81. The highest BCUT2D eigenvalue weighted by Gasteiger charge is 2.42. The summed E-state index contributed by atoms with van der Waals surface area (Å²) < 4.78 is 0. The van der Waals surface area contributed by atoms with Crippen LogP contribution < -0.4 is 10.6 Å². The molecule has 1 aromatic carbocycles. The summed E-state index contributed by atoms with van der Waals surface area (Å²) in [6.07, 6.45) is 1.04. The van der Waals surface area contributed by atoms with Crippen molar-refractivity contribution in [2.75, 3.05) is 5.32 Å². The number of anilines is 1.